The summed E-state index contributed by atoms with van der Waals surface area (Å²) in [5.74, 6) is -2.24. The summed E-state index contributed by atoms with van der Waals surface area (Å²) in [5, 5.41) is 0. The summed E-state index contributed by atoms with van der Waals surface area (Å²) in [5.41, 5.74) is 2.91. The Hall–Kier alpha value is -1.22. The third-order valence-electron chi connectivity index (χ3n) is 0.745. The van der Waals surface area contributed by atoms with E-state index >= 15 is 0 Å². The zero-order valence-electron chi connectivity index (χ0n) is 6.53. The van der Waals surface area contributed by atoms with Crippen molar-refractivity contribution in [1.29, 1.82) is 0 Å². The highest BCUT2D eigenvalue weighted by atomic mass is 19.4. The second-order valence-corrected chi connectivity index (χ2v) is 2.17. The van der Waals surface area contributed by atoms with Gasteiger partial charge in [0.15, 0.2) is 0 Å². The van der Waals surface area contributed by atoms with Gasteiger partial charge < -0.3 is 4.74 Å². The number of rotatable bonds is 1. The van der Waals surface area contributed by atoms with Gasteiger partial charge in [-0.15, -0.1) is 0 Å². The summed E-state index contributed by atoms with van der Waals surface area (Å²) in [4.78, 5) is 10.0. The highest BCUT2D eigenvalue weighted by Gasteiger charge is 2.40. The van der Waals surface area contributed by atoms with Crippen LogP contribution in [0.15, 0.2) is 17.6 Å². The molecule has 12 heavy (non-hydrogen) atoms. The zero-order chi connectivity index (χ0) is 9.78. The Labute approximate surface area is 67.3 Å². The number of ether oxygens (including phenoxy) is 1. The van der Waals surface area contributed by atoms with Crippen molar-refractivity contribution in [3.05, 3.63) is 17.6 Å². The minimum Gasteiger partial charge on any atom is -0.419 e. The highest BCUT2D eigenvalue weighted by molar-refractivity contribution is 5.76. The summed E-state index contributed by atoms with van der Waals surface area (Å²) in [7, 11) is 0. The maximum absolute atomic E-state index is 11.4. The monoisotopic (exact) mass is 180 g/mol. The van der Waals surface area contributed by atoms with E-state index in [1.54, 1.807) is 13.8 Å². The molecule has 0 spiro atoms. The average molecular weight is 180 g/mol. The molecule has 0 aliphatic carbocycles. The maximum atomic E-state index is 11.4. The van der Waals surface area contributed by atoms with E-state index in [2.05, 4.69) is 10.5 Å². The van der Waals surface area contributed by atoms with Crippen molar-refractivity contribution in [1.82, 2.24) is 0 Å². The Morgan fingerprint density at radius 1 is 1.42 bits per heavy atom. The first-order chi connectivity index (χ1) is 5.34. The molecule has 0 aromatic carbocycles. The Morgan fingerprint density at radius 3 is 2.25 bits per heavy atom. The maximum Gasteiger partial charge on any atom is 0.491 e. The van der Waals surface area contributed by atoms with Crippen molar-refractivity contribution in [3.63, 3.8) is 0 Å². The number of carbonyl (C=O) groups is 1. The summed E-state index contributed by atoms with van der Waals surface area (Å²) in [6, 6.07) is 0. The van der Waals surface area contributed by atoms with Crippen LogP contribution in [0.2, 0.25) is 0 Å². The molecule has 0 aromatic rings. The molecule has 0 aliphatic rings. The molecular formula is C7H7F3O2. The first-order valence-electron chi connectivity index (χ1n) is 3.00. The number of hydrogen-bond acceptors (Lipinski definition) is 2. The van der Waals surface area contributed by atoms with Gasteiger partial charge in [-0.1, -0.05) is 5.73 Å². The molecule has 2 nitrogen and oxygen atoms in total. The molecule has 5 heteroatoms. The third-order valence-corrected chi connectivity index (χ3v) is 0.745. The molecule has 0 fully saturated rings. The lowest BCUT2D eigenvalue weighted by atomic mass is 10.4. The molecule has 0 heterocycles. The largest absolute Gasteiger partial charge is 0.491 e. The smallest absolute Gasteiger partial charge is 0.419 e. The number of hydrogen-bond donors (Lipinski definition) is 0. The molecule has 0 bridgehead atoms. The van der Waals surface area contributed by atoms with Crippen molar-refractivity contribution in [3.8, 4) is 0 Å². The Bertz CT molecular complexity index is 230. The van der Waals surface area contributed by atoms with Crippen molar-refractivity contribution in [2.24, 2.45) is 0 Å². The molecule has 0 amide bonds. The number of halogens is 3. The van der Waals surface area contributed by atoms with Gasteiger partial charge in [0.1, 0.15) is 6.26 Å². The van der Waals surface area contributed by atoms with E-state index in [1.165, 1.54) is 0 Å². The second kappa shape index (κ2) is 3.97. The van der Waals surface area contributed by atoms with E-state index in [0.717, 1.165) is 0 Å². The van der Waals surface area contributed by atoms with Gasteiger partial charge >= 0.3 is 12.1 Å². The number of esters is 1. The van der Waals surface area contributed by atoms with Crippen LogP contribution in [0.5, 0.6) is 0 Å². The number of carbonyl (C=O) groups excluding carboxylic acids is 1. The molecule has 0 atom stereocenters. The highest BCUT2D eigenvalue weighted by Crippen LogP contribution is 2.16. The SMILES string of the molecule is CC(C)=C=COC(=O)C(F)(F)F. The summed E-state index contributed by atoms with van der Waals surface area (Å²) in [6.07, 6.45) is -4.36. The zero-order valence-corrected chi connectivity index (χ0v) is 6.53. The molecule has 0 aromatic heterocycles. The van der Waals surface area contributed by atoms with E-state index in [-0.39, 0.29) is 0 Å². The average Bonchev–Trinajstić information content (AvgIpc) is 1.84. The van der Waals surface area contributed by atoms with Gasteiger partial charge in [-0.2, -0.15) is 13.2 Å². The van der Waals surface area contributed by atoms with Gasteiger partial charge in [0.25, 0.3) is 0 Å². The van der Waals surface area contributed by atoms with E-state index in [9.17, 15) is 18.0 Å². The quantitative estimate of drug-likeness (QED) is 0.351. The number of alkyl halides is 3. The van der Waals surface area contributed by atoms with Crippen LogP contribution in [0.25, 0.3) is 0 Å². The van der Waals surface area contributed by atoms with Crippen molar-refractivity contribution < 1.29 is 22.7 Å². The van der Waals surface area contributed by atoms with Crippen LogP contribution < -0.4 is 0 Å². The van der Waals surface area contributed by atoms with Crippen molar-refractivity contribution >= 4 is 5.97 Å². The molecule has 0 unspecified atom stereocenters. The molecule has 68 valence electrons. The van der Waals surface area contributed by atoms with E-state index < -0.39 is 12.1 Å². The lowest BCUT2D eigenvalue weighted by Gasteiger charge is -2.00. The fraction of sp³-hybridized carbons (Fsp3) is 0.429. The molecule has 0 saturated heterocycles. The van der Waals surface area contributed by atoms with Crippen LogP contribution in [0.3, 0.4) is 0 Å². The molecule has 0 saturated carbocycles. The fourth-order valence-electron chi connectivity index (χ4n) is 0.268. The van der Waals surface area contributed by atoms with Gasteiger partial charge in [0.2, 0.25) is 0 Å². The fourth-order valence-corrected chi connectivity index (χ4v) is 0.268. The van der Waals surface area contributed by atoms with Gasteiger partial charge in [0.05, 0.1) is 0 Å². The van der Waals surface area contributed by atoms with Gasteiger partial charge in [0, 0.05) is 0 Å². The second-order valence-electron chi connectivity index (χ2n) is 2.17. The standard InChI is InChI=1S/C7H7F3O2/c1-5(2)3-4-12-6(11)7(8,9)10/h4H,1-2H3. The van der Waals surface area contributed by atoms with Crippen LogP contribution in [0, 0.1) is 0 Å². The Kier molecular flexibility index (Phi) is 3.57. The topological polar surface area (TPSA) is 26.3 Å². The molecule has 0 radical (unpaired) electrons. The van der Waals surface area contributed by atoms with Crippen LogP contribution in [-0.4, -0.2) is 12.1 Å². The minimum atomic E-state index is -4.94. The van der Waals surface area contributed by atoms with Crippen LogP contribution in [0.1, 0.15) is 13.8 Å². The van der Waals surface area contributed by atoms with Crippen LogP contribution in [0.4, 0.5) is 13.2 Å². The molecule has 0 rings (SSSR count). The first kappa shape index (κ1) is 10.8. The van der Waals surface area contributed by atoms with Gasteiger partial charge in [-0.05, 0) is 19.4 Å². The first-order valence-corrected chi connectivity index (χ1v) is 3.00. The van der Waals surface area contributed by atoms with Gasteiger partial charge in [-0.25, -0.2) is 4.79 Å². The van der Waals surface area contributed by atoms with E-state index in [0.29, 0.717) is 11.8 Å². The molecular weight excluding hydrogens is 173 g/mol. The van der Waals surface area contributed by atoms with Crippen molar-refractivity contribution in [2.45, 2.75) is 20.0 Å². The van der Waals surface area contributed by atoms with Gasteiger partial charge in [-0.3, -0.25) is 0 Å². The third kappa shape index (κ3) is 4.57. The lowest BCUT2D eigenvalue weighted by molar-refractivity contribution is -0.193. The summed E-state index contributed by atoms with van der Waals surface area (Å²) >= 11 is 0. The molecule has 0 N–H and O–H groups in total. The minimum absolute atomic E-state index is 0.588. The lowest BCUT2D eigenvalue weighted by Crippen LogP contribution is -2.23. The molecule has 0 aliphatic heterocycles. The Morgan fingerprint density at radius 2 is 1.92 bits per heavy atom. The van der Waals surface area contributed by atoms with E-state index in [1.807, 2.05) is 0 Å². The normalized spacial score (nSPS) is 10.1. The van der Waals surface area contributed by atoms with Crippen LogP contribution >= 0.6 is 0 Å². The Balaban J connectivity index is 4.15. The predicted molar refractivity (Wildman–Crippen MR) is 35.1 cm³/mol. The summed E-state index contributed by atoms with van der Waals surface area (Å²) < 4.78 is 38.0. The van der Waals surface area contributed by atoms with Crippen molar-refractivity contribution in [2.75, 3.05) is 0 Å². The van der Waals surface area contributed by atoms with E-state index in [4.69, 9.17) is 0 Å². The number of allylic oxidation sites excluding steroid dienone is 1. The summed E-state index contributed by atoms with van der Waals surface area (Å²) in [6.45, 7) is 3.22. The van der Waals surface area contributed by atoms with Crippen LogP contribution in [-0.2, 0) is 9.53 Å². The predicted octanol–water partition coefficient (Wildman–Crippen LogP) is 2.17.